The lowest BCUT2D eigenvalue weighted by atomic mass is 10.1. The average Bonchev–Trinajstić information content (AvgIpc) is 3.23. The molecule has 1 aromatic carbocycles. The fraction of sp³-hybridized carbons (Fsp3) is 0.467. The Labute approximate surface area is 260 Å². The summed E-state index contributed by atoms with van der Waals surface area (Å²) in [6.07, 6.45) is -1.66. The number of nitrogens with zero attached hydrogens (tertiary/aromatic N) is 6. The molecule has 2 aliphatic rings. The second-order valence-electron chi connectivity index (χ2n) is 12.4. The van der Waals surface area contributed by atoms with E-state index in [4.69, 9.17) is 16.3 Å². The number of halogens is 4. The SMILES string of the molecule is C[C@@H]1CN(c2nc(=O)n3c4c(c(Cl)c(C(F)(F)F)cc24)SC[C@@H](n2ccc4cccnc42)C3)C[C@H](C)N1C(=O)OC(C)(C)C. The van der Waals surface area contributed by atoms with Gasteiger partial charge in [0, 0.05) is 48.6 Å². The second kappa shape index (κ2) is 10.9. The van der Waals surface area contributed by atoms with Crippen LogP contribution in [0.3, 0.4) is 0 Å². The molecule has 9 nitrogen and oxygen atoms in total. The van der Waals surface area contributed by atoms with E-state index < -0.39 is 34.1 Å². The third kappa shape index (κ3) is 5.38. The van der Waals surface area contributed by atoms with Gasteiger partial charge in [-0.1, -0.05) is 11.6 Å². The van der Waals surface area contributed by atoms with E-state index in [1.165, 1.54) is 16.3 Å². The molecular formula is C30H32ClF3N6O3S. The number of amides is 1. The predicted molar refractivity (Wildman–Crippen MR) is 165 cm³/mol. The van der Waals surface area contributed by atoms with Crippen LogP contribution in [-0.4, -0.2) is 66.6 Å². The molecule has 4 aromatic rings. The van der Waals surface area contributed by atoms with E-state index in [1.54, 1.807) is 36.8 Å². The van der Waals surface area contributed by atoms with Gasteiger partial charge in [0.05, 0.1) is 39.1 Å². The van der Waals surface area contributed by atoms with Crippen LogP contribution in [-0.2, 0) is 17.5 Å². The summed E-state index contributed by atoms with van der Waals surface area (Å²) in [5.41, 5.74) is -1.22. The molecule has 1 amide bonds. The molecule has 3 aromatic heterocycles. The molecule has 0 radical (unpaired) electrons. The van der Waals surface area contributed by atoms with Crippen LogP contribution < -0.4 is 10.6 Å². The molecule has 1 saturated heterocycles. The minimum absolute atomic E-state index is 0.138. The van der Waals surface area contributed by atoms with Crippen molar-refractivity contribution in [1.29, 1.82) is 0 Å². The van der Waals surface area contributed by atoms with Crippen molar-refractivity contribution in [2.24, 2.45) is 0 Å². The number of piperazine rings is 1. The minimum atomic E-state index is -4.73. The first-order valence-electron chi connectivity index (χ1n) is 14.3. The summed E-state index contributed by atoms with van der Waals surface area (Å²) < 4.78 is 52.1. The normalized spacial score (nSPS) is 21.2. The van der Waals surface area contributed by atoms with E-state index >= 15 is 0 Å². The fourth-order valence-electron chi connectivity index (χ4n) is 6.18. The van der Waals surface area contributed by atoms with Crippen LogP contribution in [0.25, 0.3) is 21.9 Å². The minimum Gasteiger partial charge on any atom is -0.444 e. The van der Waals surface area contributed by atoms with E-state index in [0.717, 1.165) is 11.5 Å². The van der Waals surface area contributed by atoms with Gasteiger partial charge in [-0.15, -0.1) is 11.8 Å². The van der Waals surface area contributed by atoms with Gasteiger partial charge in [0.25, 0.3) is 0 Å². The van der Waals surface area contributed by atoms with Crippen molar-refractivity contribution >= 4 is 57.2 Å². The van der Waals surface area contributed by atoms with Crippen LogP contribution in [0.15, 0.2) is 46.3 Å². The maximum absolute atomic E-state index is 14.4. The van der Waals surface area contributed by atoms with E-state index in [2.05, 4.69) is 9.97 Å². The summed E-state index contributed by atoms with van der Waals surface area (Å²) in [5.74, 6) is 0.495. The standard InChI is InChI=1S/C30H32ClF3N6O3S/c1-16-12-37(13-17(2)40(16)28(42)43-29(3,4)5)26-20-11-21(30(32,33)34)22(31)24-23(20)39(27(41)36-26)14-19(15-44-24)38-10-8-18-7-6-9-35-25(18)38/h6-11,16-17,19H,12-15H2,1-5H3/t16-,17+,19-/m0/s1. The van der Waals surface area contributed by atoms with E-state index in [9.17, 15) is 22.8 Å². The molecule has 5 heterocycles. The van der Waals surface area contributed by atoms with Crippen LogP contribution in [0, 0.1) is 0 Å². The number of anilines is 1. The summed E-state index contributed by atoms with van der Waals surface area (Å²) in [6.45, 7) is 9.68. The number of hydrogen-bond acceptors (Lipinski definition) is 7. The molecular weight excluding hydrogens is 617 g/mol. The van der Waals surface area contributed by atoms with Crippen molar-refractivity contribution in [3.8, 4) is 0 Å². The Morgan fingerprint density at radius 1 is 1.11 bits per heavy atom. The number of fused-ring (bicyclic) bond motifs is 1. The smallest absolute Gasteiger partial charge is 0.417 e. The summed E-state index contributed by atoms with van der Waals surface area (Å²) in [6, 6.07) is 5.62. The Balaban J connectivity index is 1.47. The van der Waals surface area contributed by atoms with Crippen molar-refractivity contribution in [3.63, 3.8) is 0 Å². The largest absolute Gasteiger partial charge is 0.444 e. The van der Waals surface area contributed by atoms with Gasteiger partial charge in [0.2, 0.25) is 0 Å². The lowest BCUT2D eigenvalue weighted by molar-refractivity contribution is -0.137. The molecule has 2 aliphatic heterocycles. The van der Waals surface area contributed by atoms with Crippen LogP contribution in [0.1, 0.15) is 46.2 Å². The van der Waals surface area contributed by atoms with Gasteiger partial charge in [-0.2, -0.15) is 18.2 Å². The number of alkyl halides is 3. The molecule has 3 atom stereocenters. The predicted octanol–water partition coefficient (Wildman–Crippen LogP) is 6.60. The van der Waals surface area contributed by atoms with Crippen molar-refractivity contribution in [3.05, 3.63) is 57.7 Å². The van der Waals surface area contributed by atoms with Gasteiger partial charge >= 0.3 is 18.0 Å². The Hall–Kier alpha value is -3.45. The van der Waals surface area contributed by atoms with Crippen molar-refractivity contribution in [2.75, 3.05) is 23.7 Å². The maximum atomic E-state index is 14.4. The first-order valence-corrected chi connectivity index (χ1v) is 15.6. The van der Waals surface area contributed by atoms with Crippen LogP contribution in [0.2, 0.25) is 5.02 Å². The highest BCUT2D eigenvalue weighted by molar-refractivity contribution is 7.99. The zero-order chi connectivity index (χ0) is 31.7. The van der Waals surface area contributed by atoms with Crippen LogP contribution >= 0.6 is 23.4 Å². The molecule has 234 valence electrons. The summed E-state index contributed by atoms with van der Waals surface area (Å²) in [7, 11) is 0. The first-order chi connectivity index (χ1) is 20.6. The van der Waals surface area contributed by atoms with Crippen molar-refractivity contribution in [1.82, 2.24) is 24.0 Å². The van der Waals surface area contributed by atoms with Crippen molar-refractivity contribution in [2.45, 2.75) is 76.0 Å². The fourth-order valence-corrected chi connectivity index (χ4v) is 7.81. The highest BCUT2D eigenvalue weighted by Gasteiger charge is 2.40. The van der Waals surface area contributed by atoms with Gasteiger partial charge in [0.1, 0.15) is 17.1 Å². The van der Waals surface area contributed by atoms with E-state index in [-0.39, 0.29) is 53.9 Å². The summed E-state index contributed by atoms with van der Waals surface area (Å²) >= 11 is 7.69. The zero-order valence-corrected chi connectivity index (χ0v) is 26.4. The van der Waals surface area contributed by atoms with Crippen molar-refractivity contribution < 1.29 is 22.7 Å². The molecule has 0 N–H and O–H groups in total. The van der Waals surface area contributed by atoms with E-state index in [0.29, 0.717) is 16.9 Å². The summed E-state index contributed by atoms with van der Waals surface area (Å²) in [5, 5.41) is 0.661. The Kier molecular flexibility index (Phi) is 7.55. The molecule has 0 saturated carbocycles. The number of carbonyl (C=O) groups excluding carboxylic acids is 1. The summed E-state index contributed by atoms with van der Waals surface area (Å²) in [4.78, 5) is 39.2. The quantitative estimate of drug-likeness (QED) is 0.242. The third-order valence-corrected chi connectivity index (χ3v) is 9.69. The molecule has 0 unspecified atom stereocenters. The number of rotatable bonds is 2. The lowest BCUT2D eigenvalue weighted by Gasteiger charge is -2.45. The number of thioether (sulfide) groups is 1. The van der Waals surface area contributed by atoms with Gasteiger partial charge in [-0.3, -0.25) is 9.47 Å². The number of ether oxygens (including phenoxy) is 1. The van der Waals surface area contributed by atoms with Gasteiger partial charge in [0.15, 0.2) is 0 Å². The Bertz CT molecular complexity index is 1820. The number of pyridine rings is 1. The lowest BCUT2D eigenvalue weighted by Crippen LogP contribution is -2.59. The molecule has 0 bridgehead atoms. The number of aromatic nitrogens is 4. The number of carbonyl (C=O) groups is 1. The Morgan fingerprint density at radius 3 is 2.48 bits per heavy atom. The maximum Gasteiger partial charge on any atom is 0.417 e. The average molecular weight is 649 g/mol. The molecule has 14 heteroatoms. The highest BCUT2D eigenvalue weighted by Crippen LogP contribution is 2.47. The Morgan fingerprint density at radius 2 is 1.82 bits per heavy atom. The zero-order valence-electron chi connectivity index (χ0n) is 24.9. The van der Waals surface area contributed by atoms with Crippen LogP contribution in [0.4, 0.5) is 23.8 Å². The molecule has 6 rings (SSSR count). The monoisotopic (exact) mass is 648 g/mol. The number of hydrogen-bond donors (Lipinski definition) is 0. The highest BCUT2D eigenvalue weighted by atomic mass is 35.5. The van der Waals surface area contributed by atoms with Gasteiger partial charge < -0.3 is 14.2 Å². The molecule has 0 aliphatic carbocycles. The number of benzene rings is 1. The third-order valence-electron chi connectivity index (χ3n) is 7.95. The second-order valence-corrected chi connectivity index (χ2v) is 13.8. The van der Waals surface area contributed by atoms with Gasteiger partial charge in [-0.25, -0.2) is 14.6 Å². The first kappa shape index (κ1) is 30.6. The topological polar surface area (TPSA) is 85.5 Å². The van der Waals surface area contributed by atoms with E-state index in [1.807, 2.05) is 42.8 Å². The molecule has 0 spiro atoms. The van der Waals surface area contributed by atoms with Crippen LogP contribution in [0.5, 0.6) is 0 Å². The van der Waals surface area contributed by atoms with Gasteiger partial charge in [-0.05, 0) is 58.9 Å². The molecule has 1 fully saturated rings. The molecule has 44 heavy (non-hydrogen) atoms.